The van der Waals surface area contributed by atoms with E-state index in [1.165, 1.54) is 10.4 Å². The van der Waals surface area contributed by atoms with Gasteiger partial charge in [-0.15, -0.1) is 11.3 Å². The molecule has 0 aliphatic heterocycles. The largest absolute Gasteiger partial charge is 0.423 e. The SMILES string of the molecule is Cc1cc2oc(=O)cc(CN[C@H](c3cccs3)C(C)C)c2cc1C. The first-order valence-electron chi connectivity index (χ1n) is 8.26. The fourth-order valence-electron chi connectivity index (χ4n) is 2.98. The lowest BCUT2D eigenvalue weighted by atomic mass is 10.0. The van der Waals surface area contributed by atoms with Crippen LogP contribution in [-0.2, 0) is 6.54 Å². The highest BCUT2D eigenvalue weighted by molar-refractivity contribution is 7.10. The zero-order chi connectivity index (χ0) is 17.3. The lowest BCUT2D eigenvalue weighted by molar-refractivity contribution is 0.416. The maximum Gasteiger partial charge on any atom is 0.336 e. The van der Waals surface area contributed by atoms with E-state index in [9.17, 15) is 4.79 Å². The van der Waals surface area contributed by atoms with Gasteiger partial charge in [0.15, 0.2) is 0 Å². The first-order valence-corrected chi connectivity index (χ1v) is 9.14. The van der Waals surface area contributed by atoms with E-state index >= 15 is 0 Å². The molecule has 2 heterocycles. The van der Waals surface area contributed by atoms with E-state index in [0.717, 1.165) is 16.5 Å². The Morgan fingerprint density at radius 1 is 1.17 bits per heavy atom. The summed E-state index contributed by atoms with van der Waals surface area (Å²) in [6.45, 7) is 9.18. The van der Waals surface area contributed by atoms with Crippen LogP contribution in [0.2, 0.25) is 0 Å². The van der Waals surface area contributed by atoms with E-state index in [2.05, 4.69) is 49.7 Å². The third-order valence-electron chi connectivity index (χ3n) is 4.47. The molecular weight excluding hydrogens is 318 g/mol. The van der Waals surface area contributed by atoms with Crippen LogP contribution in [0, 0.1) is 19.8 Å². The first kappa shape index (κ1) is 16.9. The van der Waals surface area contributed by atoms with Crippen LogP contribution in [0.4, 0.5) is 0 Å². The molecule has 0 fully saturated rings. The number of hydrogen-bond acceptors (Lipinski definition) is 4. The van der Waals surface area contributed by atoms with E-state index in [0.29, 0.717) is 18.0 Å². The summed E-state index contributed by atoms with van der Waals surface area (Å²) in [5.74, 6) is 0.471. The topological polar surface area (TPSA) is 42.2 Å². The molecule has 126 valence electrons. The maximum atomic E-state index is 11.9. The van der Waals surface area contributed by atoms with Crippen LogP contribution < -0.4 is 10.9 Å². The second-order valence-corrected chi connectivity index (χ2v) is 7.62. The van der Waals surface area contributed by atoms with Gasteiger partial charge in [0.05, 0.1) is 0 Å². The molecule has 0 amide bonds. The van der Waals surface area contributed by atoms with Gasteiger partial charge in [-0.3, -0.25) is 0 Å². The van der Waals surface area contributed by atoms with Crippen LogP contribution in [0.5, 0.6) is 0 Å². The summed E-state index contributed by atoms with van der Waals surface area (Å²) in [7, 11) is 0. The Balaban J connectivity index is 1.94. The molecule has 3 aromatic rings. The zero-order valence-electron chi connectivity index (χ0n) is 14.6. The summed E-state index contributed by atoms with van der Waals surface area (Å²) in [5, 5.41) is 6.74. The molecule has 4 heteroatoms. The number of nitrogens with one attached hydrogen (secondary N) is 1. The van der Waals surface area contributed by atoms with Gasteiger partial charge in [-0.05, 0) is 60.0 Å². The van der Waals surface area contributed by atoms with E-state index in [-0.39, 0.29) is 11.7 Å². The Hall–Kier alpha value is -1.91. The fourth-order valence-corrected chi connectivity index (χ4v) is 3.96. The van der Waals surface area contributed by atoms with E-state index in [1.54, 1.807) is 17.4 Å². The van der Waals surface area contributed by atoms with Crippen molar-refractivity contribution >= 4 is 22.3 Å². The first-order chi connectivity index (χ1) is 11.5. The van der Waals surface area contributed by atoms with Crippen molar-refractivity contribution in [3.63, 3.8) is 0 Å². The molecule has 0 saturated heterocycles. The molecule has 2 aromatic heterocycles. The van der Waals surface area contributed by atoms with E-state index < -0.39 is 0 Å². The molecular formula is C20H23NO2S. The monoisotopic (exact) mass is 341 g/mol. The highest BCUT2D eigenvalue weighted by Gasteiger charge is 2.17. The Morgan fingerprint density at radius 3 is 2.58 bits per heavy atom. The maximum absolute atomic E-state index is 11.9. The molecule has 1 aromatic carbocycles. The molecule has 1 atom stereocenters. The Labute approximate surface area is 146 Å². The average molecular weight is 341 g/mol. The summed E-state index contributed by atoms with van der Waals surface area (Å²) in [6.07, 6.45) is 0. The molecule has 24 heavy (non-hydrogen) atoms. The standard InChI is InChI=1S/C20H23NO2S/c1-12(2)20(18-6-5-7-24-18)21-11-15-10-19(22)23-17-9-14(4)13(3)8-16(15)17/h5-10,12,20-21H,11H2,1-4H3/t20-/m0/s1. The van der Waals surface area contributed by atoms with Crippen molar-refractivity contribution in [2.45, 2.75) is 40.3 Å². The van der Waals surface area contributed by atoms with Gasteiger partial charge in [-0.1, -0.05) is 19.9 Å². The minimum atomic E-state index is -0.292. The summed E-state index contributed by atoms with van der Waals surface area (Å²) in [4.78, 5) is 13.2. The van der Waals surface area contributed by atoms with Gasteiger partial charge in [0, 0.05) is 28.9 Å². The Bertz CT molecular complexity index is 894. The molecule has 0 bridgehead atoms. The molecule has 0 spiro atoms. The van der Waals surface area contributed by atoms with Crippen molar-refractivity contribution in [2.24, 2.45) is 5.92 Å². The highest BCUT2D eigenvalue weighted by atomic mass is 32.1. The van der Waals surface area contributed by atoms with Gasteiger partial charge >= 0.3 is 5.63 Å². The normalized spacial score (nSPS) is 12.9. The highest BCUT2D eigenvalue weighted by Crippen LogP contribution is 2.27. The van der Waals surface area contributed by atoms with Gasteiger partial charge in [0.25, 0.3) is 0 Å². The van der Waals surface area contributed by atoms with Crippen LogP contribution in [0.3, 0.4) is 0 Å². The third kappa shape index (κ3) is 3.45. The second kappa shape index (κ2) is 6.91. The minimum absolute atomic E-state index is 0.277. The zero-order valence-corrected chi connectivity index (χ0v) is 15.4. The van der Waals surface area contributed by atoms with Crippen LogP contribution in [0.25, 0.3) is 11.0 Å². The summed E-state index contributed by atoms with van der Waals surface area (Å²) in [6, 6.07) is 10.2. The smallest absolute Gasteiger partial charge is 0.336 e. The summed E-state index contributed by atoms with van der Waals surface area (Å²) in [5.41, 5.74) is 3.71. The lowest BCUT2D eigenvalue weighted by Crippen LogP contribution is -2.25. The molecule has 0 aliphatic rings. The minimum Gasteiger partial charge on any atom is -0.423 e. The van der Waals surface area contributed by atoms with Crippen molar-refractivity contribution in [2.75, 3.05) is 0 Å². The van der Waals surface area contributed by atoms with E-state index in [1.807, 2.05) is 13.0 Å². The quantitative estimate of drug-likeness (QED) is 0.667. The summed E-state index contributed by atoms with van der Waals surface area (Å²) >= 11 is 1.76. The number of hydrogen-bond donors (Lipinski definition) is 1. The predicted octanol–water partition coefficient (Wildman–Crippen LogP) is 4.96. The van der Waals surface area contributed by atoms with Crippen LogP contribution in [-0.4, -0.2) is 0 Å². The van der Waals surface area contributed by atoms with Crippen molar-refractivity contribution in [1.82, 2.24) is 5.32 Å². The van der Waals surface area contributed by atoms with Crippen molar-refractivity contribution < 1.29 is 4.42 Å². The van der Waals surface area contributed by atoms with Gasteiger partial charge in [0.1, 0.15) is 5.58 Å². The third-order valence-corrected chi connectivity index (χ3v) is 5.43. The molecule has 3 rings (SSSR count). The van der Waals surface area contributed by atoms with E-state index in [4.69, 9.17) is 4.42 Å². The molecule has 0 aliphatic carbocycles. The van der Waals surface area contributed by atoms with Crippen molar-refractivity contribution in [3.8, 4) is 0 Å². The van der Waals surface area contributed by atoms with Gasteiger partial charge in [-0.25, -0.2) is 4.79 Å². The molecule has 3 nitrogen and oxygen atoms in total. The molecule has 0 radical (unpaired) electrons. The summed E-state index contributed by atoms with van der Waals surface area (Å²) < 4.78 is 5.38. The van der Waals surface area contributed by atoms with Crippen LogP contribution in [0.15, 0.2) is 44.9 Å². The van der Waals surface area contributed by atoms with Gasteiger partial charge in [0.2, 0.25) is 0 Å². The Kier molecular flexibility index (Phi) is 4.88. The number of rotatable bonds is 5. The average Bonchev–Trinajstić information content (AvgIpc) is 3.03. The van der Waals surface area contributed by atoms with Gasteiger partial charge in [-0.2, -0.15) is 0 Å². The van der Waals surface area contributed by atoms with Crippen LogP contribution in [0.1, 0.15) is 41.5 Å². The number of benzene rings is 1. The molecule has 1 N–H and O–H groups in total. The van der Waals surface area contributed by atoms with Crippen LogP contribution >= 0.6 is 11.3 Å². The second-order valence-electron chi connectivity index (χ2n) is 6.64. The molecule has 0 unspecified atom stereocenters. The van der Waals surface area contributed by atoms with Crippen molar-refractivity contribution in [1.29, 1.82) is 0 Å². The van der Waals surface area contributed by atoms with Crippen molar-refractivity contribution in [3.05, 3.63) is 67.7 Å². The number of aryl methyl sites for hydroxylation is 2. The fraction of sp³-hybridized carbons (Fsp3) is 0.350. The van der Waals surface area contributed by atoms with Gasteiger partial charge < -0.3 is 9.73 Å². The number of thiophene rings is 1. The lowest BCUT2D eigenvalue weighted by Gasteiger charge is -2.21. The Morgan fingerprint density at radius 2 is 1.92 bits per heavy atom. The molecule has 0 saturated carbocycles. The predicted molar refractivity (Wildman–Crippen MR) is 101 cm³/mol. The number of fused-ring (bicyclic) bond motifs is 1.